The molecule has 1 aliphatic heterocycles. The fourth-order valence-electron chi connectivity index (χ4n) is 1.69. The Morgan fingerprint density at radius 1 is 1.47 bits per heavy atom. The highest BCUT2D eigenvalue weighted by Crippen LogP contribution is 2.17. The molecule has 1 heterocycles. The van der Waals surface area contributed by atoms with Gasteiger partial charge in [0.15, 0.2) is 0 Å². The van der Waals surface area contributed by atoms with Crippen LogP contribution >= 0.6 is 0 Å². The average molecular weight is 244 g/mol. The van der Waals surface area contributed by atoms with E-state index >= 15 is 0 Å². The second-order valence-electron chi connectivity index (χ2n) is 5.35. The number of hydrogen-bond acceptors (Lipinski definition) is 4. The summed E-state index contributed by atoms with van der Waals surface area (Å²) in [5, 5.41) is 0. The first-order chi connectivity index (χ1) is 7.92. The van der Waals surface area contributed by atoms with Crippen molar-refractivity contribution in [3.63, 3.8) is 0 Å². The van der Waals surface area contributed by atoms with Gasteiger partial charge in [-0.1, -0.05) is 0 Å². The van der Waals surface area contributed by atoms with Gasteiger partial charge >= 0.3 is 6.09 Å². The number of rotatable bonds is 4. The van der Waals surface area contributed by atoms with Crippen LogP contribution in [0.4, 0.5) is 4.79 Å². The molecule has 0 unspecified atom stereocenters. The zero-order valence-corrected chi connectivity index (χ0v) is 11.1. The Morgan fingerprint density at radius 2 is 2.18 bits per heavy atom. The Balaban J connectivity index is 2.27. The second-order valence-corrected chi connectivity index (χ2v) is 5.35. The third kappa shape index (κ3) is 5.37. The van der Waals surface area contributed by atoms with E-state index in [1.807, 2.05) is 20.8 Å². The van der Waals surface area contributed by atoms with Gasteiger partial charge in [0, 0.05) is 13.2 Å². The zero-order chi connectivity index (χ0) is 12.9. The van der Waals surface area contributed by atoms with Crippen molar-refractivity contribution < 1.29 is 14.3 Å². The first-order valence-electron chi connectivity index (χ1n) is 6.22. The van der Waals surface area contributed by atoms with Crippen molar-refractivity contribution in [1.29, 1.82) is 0 Å². The lowest BCUT2D eigenvalue weighted by Crippen LogP contribution is -2.36. The van der Waals surface area contributed by atoms with Gasteiger partial charge in [-0.2, -0.15) is 0 Å². The van der Waals surface area contributed by atoms with E-state index in [-0.39, 0.29) is 12.2 Å². The molecule has 1 rings (SSSR count). The van der Waals surface area contributed by atoms with Crippen molar-refractivity contribution in [3.05, 3.63) is 0 Å². The molecular weight excluding hydrogens is 220 g/mol. The minimum atomic E-state index is -0.435. The summed E-state index contributed by atoms with van der Waals surface area (Å²) in [6.45, 7) is 8.26. The van der Waals surface area contributed by atoms with E-state index in [9.17, 15) is 4.79 Å². The number of hydrogen-bond donors (Lipinski definition) is 1. The molecule has 1 fully saturated rings. The van der Waals surface area contributed by atoms with Crippen LogP contribution < -0.4 is 5.73 Å². The highest BCUT2D eigenvalue weighted by Gasteiger charge is 2.29. The molecule has 5 heteroatoms. The number of nitrogens with zero attached hydrogens (tertiary/aromatic N) is 1. The van der Waals surface area contributed by atoms with Crippen molar-refractivity contribution in [1.82, 2.24) is 4.90 Å². The predicted octanol–water partition coefficient (Wildman–Crippen LogP) is 1.36. The average Bonchev–Trinajstić information content (AvgIpc) is 2.64. The van der Waals surface area contributed by atoms with Crippen LogP contribution in [0, 0.1) is 0 Å². The summed E-state index contributed by atoms with van der Waals surface area (Å²) in [4.78, 5) is 13.5. The van der Waals surface area contributed by atoms with E-state index in [0.29, 0.717) is 26.2 Å². The number of nitrogens with two attached hydrogens (primary N) is 1. The van der Waals surface area contributed by atoms with Crippen LogP contribution in [-0.4, -0.2) is 48.9 Å². The van der Waals surface area contributed by atoms with Crippen molar-refractivity contribution >= 4 is 6.09 Å². The summed E-state index contributed by atoms with van der Waals surface area (Å²) in [6.07, 6.45) is 1.63. The number of ether oxygens (including phenoxy) is 2. The minimum absolute atomic E-state index is 0.133. The van der Waals surface area contributed by atoms with Crippen molar-refractivity contribution in [2.45, 2.75) is 45.3 Å². The van der Waals surface area contributed by atoms with Crippen LogP contribution in [0.25, 0.3) is 0 Å². The fourth-order valence-corrected chi connectivity index (χ4v) is 1.69. The molecule has 1 aliphatic rings. The van der Waals surface area contributed by atoms with E-state index in [2.05, 4.69) is 0 Å². The van der Waals surface area contributed by atoms with Gasteiger partial charge in [0.1, 0.15) is 5.60 Å². The van der Waals surface area contributed by atoms with Gasteiger partial charge in [-0.15, -0.1) is 0 Å². The van der Waals surface area contributed by atoms with E-state index in [1.54, 1.807) is 4.90 Å². The summed E-state index contributed by atoms with van der Waals surface area (Å²) in [5.74, 6) is 0. The van der Waals surface area contributed by atoms with Gasteiger partial charge in [-0.05, 0) is 40.2 Å². The lowest BCUT2D eigenvalue weighted by Gasteiger charge is -2.24. The topological polar surface area (TPSA) is 64.8 Å². The van der Waals surface area contributed by atoms with Crippen molar-refractivity contribution in [2.75, 3.05) is 26.2 Å². The number of amides is 1. The van der Waals surface area contributed by atoms with Crippen LogP contribution in [0.2, 0.25) is 0 Å². The number of carbonyl (C=O) groups is 1. The highest BCUT2D eigenvalue weighted by molar-refractivity contribution is 5.68. The van der Waals surface area contributed by atoms with E-state index in [0.717, 1.165) is 12.8 Å². The molecule has 17 heavy (non-hydrogen) atoms. The summed E-state index contributed by atoms with van der Waals surface area (Å²) in [5.41, 5.74) is 4.96. The molecule has 2 N–H and O–H groups in total. The lowest BCUT2D eigenvalue weighted by atomic mass is 10.2. The molecule has 0 aromatic rings. The second kappa shape index (κ2) is 6.21. The largest absolute Gasteiger partial charge is 0.444 e. The number of likely N-dealkylation sites (tertiary alicyclic amines) is 1. The quantitative estimate of drug-likeness (QED) is 0.758. The molecule has 0 saturated carbocycles. The summed E-state index contributed by atoms with van der Waals surface area (Å²) in [6, 6.07) is 0. The molecule has 1 amide bonds. The van der Waals surface area contributed by atoms with Crippen LogP contribution in [0.3, 0.4) is 0 Å². The molecule has 0 spiro atoms. The van der Waals surface area contributed by atoms with Gasteiger partial charge < -0.3 is 20.1 Å². The normalized spacial score (nSPS) is 20.7. The van der Waals surface area contributed by atoms with Crippen LogP contribution in [0.5, 0.6) is 0 Å². The van der Waals surface area contributed by atoms with Gasteiger partial charge in [-0.3, -0.25) is 0 Å². The summed E-state index contributed by atoms with van der Waals surface area (Å²) < 4.78 is 10.9. The summed E-state index contributed by atoms with van der Waals surface area (Å²) in [7, 11) is 0. The Kier molecular flexibility index (Phi) is 5.21. The fraction of sp³-hybridized carbons (Fsp3) is 0.917. The maximum atomic E-state index is 11.8. The molecule has 0 bridgehead atoms. The molecule has 100 valence electrons. The first kappa shape index (κ1) is 14.3. The van der Waals surface area contributed by atoms with Crippen LogP contribution in [0.15, 0.2) is 0 Å². The maximum Gasteiger partial charge on any atom is 0.410 e. The zero-order valence-electron chi connectivity index (χ0n) is 11.1. The van der Waals surface area contributed by atoms with Gasteiger partial charge in [0.05, 0.1) is 12.6 Å². The third-order valence-electron chi connectivity index (χ3n) is 2.50. The Bertz CT molecular complexity index is 251. The van der Waals surface area contributed by atoms with E-state index < -0.39 is 5.60 Å². The van der Waals surface area contributed by atoms with Crippen molar-refractivity contribution in [3.8, 4) is 0 Å². The number of carbonyl (C=O) groups excluding carboxylic acids is 1. The highest BCUT2D eigenvalue weighted by atomic mass is 16.6. The molecular formula is C12H24N2O3. The Labute approximate surface area is 103 Å². The predicted molar refractivity (Wildman–Crippen MR) is 65.8 cm³/mol. The van der Waals surface area contributed by atoms with Crippen LogP contribution in [0.1, 0.15) is 33.6 Å². The third-order valence-corrected chi connectivity index (χ3v) is 2.50. The van der Waals surface area contributed by atoms with E-state index in [1.165, 1.54) is 0 Å². The Hall–Kier alpha value is -0.810. The van der Waals surface area contributed by atoms with Gasteiger partial charge in [-0.25, -0.2) is 4.79 Å². The van der Waals surface area contributed by atoms with Crippen LogP contribution in [-0.2, 0) is 9.47 Å². The molecule has 1 atom stereocenters. The molecule has 0 aromatic heterocycles. The molecule has 0 aliphatic carbocycles. The van der Waals surface area contributed by atoms with Crippen molar-refractivity contribution in [2.24, 2.45) is 5.73 Å². The Morgan fingerprint density at radius 3 is 2.76 bits per heavy atom. The lowest BCUT2D eigenvalue weighted by molar-refractivity contribution is 0.0209. The smallest absolute Gasteiger partial charge is 0.410 e. The summed E-state index contributed by atoms with van der Waals surface area (Å²) >= 11 is 0. The minimum Gasteiger partial charge on any atom is -0.444 e. The molecule has 1 saturated heterocycles. The van der Waals surface area contributed by atoms with Gasteiger partial charge in [0.2, 0.25) is 0 Å². The van der Waals surface area contributed by atoms with E-state index in [4.69, 9.17) is 15.2 Å². The molecule has 0 radical (unpaired) electrons. The SMILES string of the molecule is CC(C)(C)OC(=O)N1CC[C@@H](OCCCN)C1. The molecule has 0 aromatic carbocycles. The monoisotopic (exact) mass is 244 g/mol. The molecule has 5 nitrogen and oxygen atoms in total. The maximum absolute atomic E-state index is 11.8. The standard InChI is InChI=1S/C12H24N2O3/c1-12(2,3)17-11(15)14-7-5-10(9-14)16-8-4-6-13/h10H,4-9,13H2,1-3H3/t10-/m1/s1. The first-order valence-corrected chi connectivity index (χ1v) is 6.22. The van der Waals surface area contributed by atoms with Gasteiger partial charge in [0.25, 0.3) is 0 Å².